The highest BCUT2D eigenvalue weighted by atomic mass is 32.2. The van der Waals surface area contributed by atoms with Gasteiger partial charge in [0.2, 0.25) is 11.8 Å². The van der Waals surface area contributed by atoms with Gasteiger partial charge in [-0.25, -0.2) is 4.68 Å². The van der Waals surface area contributed by atoms with Crippen LogP contribution in [0, 0.1) is 0 Å². The fraction of sp³-hybridized carbons (Fsp3) is 0.455. The van der Waals surface area contributed by atoms with Crippen LogP contribution in [0.2, 0.25) is 0 Å². The highest BCUT2D eigenvalue weighted by Crippen LogP contribution is 2.31. The van der Waals surface area contributed by atoms with Crippen molar-refractivity contribution in [2.75, 3.05) is 11.1 Å². The molecule has 1 saturated carbocycles. The maximum Gasteiger partial charge on any atom is 0.277 e. The van der Waals surface area contributed by atoms with Gasteiger partial charge in [-0.15, -0.1) is 10.2 Å². The van der Waals surface area contributed by atoms with Crippen molar-refractivity contribution in [3.63, 3.8) is 0 Å². The number of rotatable bonds is 6. The van der Waals surface area contributed by atoms with Crippen molar-refractivity contribution in [1.82, 2.24) is 20.0 Å². The van der Waals surface area contributed by atoms with Gasteiger partial charge in [0.05, 0.1) is 18.0 Å². The van der Waals surface area contributed by atoms with E-state index in [1.54, 1.807) is 6.20 Å². The van der Waals surface area contributed by atoms with Gasteiger partial charge < -0.3 is 9.73 Å². The quantitative estimate of drug-likeness (QED) is 0.555. The molecule has 1 amide bonds. The van der Waals surface area contributed by atoms with E-state index in [-0.39, 0.29) is 17.1 Å². The second-order valence-electron chi connectivity index (χ2n) is 8.64. The van der Waals surface area contributed by atoms with Crippen molar-refractivity contribution in [1.29, 1.82) is 0 Å². The third-order valence-corrected chi connectivity index (χ3v) is 6.16. The van der Waals surface area contributed by atoms with Crippen molar-refractivity contribution >= 4 is 23.5 Å². The van der Waals surface area contributed by atoms with E-state index in [0.29, 0.717) is 17.2 Å². The molecule has 1 fully saturated rings. The summed E-state index contributed by atoms with van der Waals surface area (Å²) in [6.45, 7) is 6.53. The van der Waals surface area contributed by atoms with Crippen LogP contribution in [-0.2, 0) is 10.2 Å². The monoisotopic (exact) mass is 425 g/mol. The minimum absolute atomic E-state index is 0.0921. The minimum Gasteiger partial charge on any atom is -0.411 e. The number of aromatic nitrogens is 4. The molecule has 0 bridgehead atoms. The van der Waals surface area contributed by atoms with Crippen LogP contribution in [0.3, 0.4) is 0 Å². The molecular formula is C22H27N5O2S. The molecule has 0 aliphatic heterocycles. The van der Waals surface area contributed by atoms with Crippen molar-refractivity contribution in [3.8, 4) is 11.5 Å². The van der Waals surface area contributed by atoms with Gasteiger partial charge in [0.25, 0.3) is 5.22 Å². The fourth-order valence-electron chi connectivity index (χ4n) is 3.66. The smallest absolute Gasteiger partial charge is 0.277 e. The number of anilines is 1. The Hall–Kier alpha value is -2.61. The lowest BCUT2D eigenvalue weighted by atomic mass is 9.87. The lowest BCUT2D eigenvalue weighted by Crippen LogP contribution is -2.19. The number of benzene rings is 1. The number of carbonyl (C=O) groups excluding carboxylic acids is 1. The normalized spacial score (nSPS) is 14.9. The lowest BCUT2D eigenvalue weighted by Gasteiger charge is -2.18. The van der Waals surface area contributed by atoms with Crippen LogP contribution in [0.4, 0.5) is 5.82 Å². The molecular weight excluding hydrogens is 398 g/mol. The Bertz CT molecular complexity index is 997. The number of thioether (sulfide) groups is 1. The summed E-state index contributed by atoms with van der Waals surface area (Å²) < 4.78 is 7.66. The van der Waals surface area contributed by atoms with E-state index in [1.807, 2.05) is 22.9 Å². The summed E-state index contributed by atoms with van der Waals surface area (Å²) in [4.78, 5) is 12.4. The standard InChI is InChI=1S/C22H27N5O2S/c1-22(2,3)16-10-8-15(9-11-16)20-25-26-21(29-20)30-14-19(28)24-18-12-13-23-27(18)17-6-4-5-7-17/h8-13,17H,4-7,14H2,1-3H3,(H,24,28). The summed E-state index contributed by atoms with van der Waals surface area (Å²) in [5.74, 6) is 1.28. The summed E-state index contributed by atoms with van der Waals surface area (Å²) in [5, 5.41) is 15.9. The number of nitrogens with zero attached hydrogens (tertiary/aromatic N) is 4. The van der Waals surface area contributed by atoms with Crippen molar-refractivity contribution in [2.24, 2.45) is 0 Å². The van der Waals surface area contributed by atoms with E-state index in [2.05, 4.69) is 53.5 Å². The molecule has 1 aliphatic carbocycles. The van der Waals surface area contributed by atoms with E-state index in [4.69, 9.17) is 4.42 Å². The minimum atomic E-state index is -0.117. The molecule has 1 aromatic carbocycles. The van der Waals surface area contributed by atoms with E-state index in [1.165, 1.54) is 30.2 Å². The number of amides is 1. The number of hydrogen-bond donors (Lipinski definition) is 1. The summed E-state index contributed by atoms with van der Waals surface area (Å²) in [5.41, 5.74) is 2.20. The Kier molecular flexibility index (Phi) is 5.94. The molecule has 2 aromatic heterocycles. The van der Waals surface area contributed by atoms with E-state index in [9.17, 15) is 4.79 Å². The van der Waals surface area contributed by atoms with Gasteiger partial charge in [0, 0.05) is 11.6 Å². The molecule has 0 radical (unpaired) electrons. The van der Waals surface area contributed by atoms with Crippen molar-refractivity contribution in [2.45, 2.75) is 63.1 Å². The second-order valence-corrected chi connectivity index (χ2v) is 9.56. The lowest BCUT2D eigenvalue weighted by molar-refractivity contribution is -0.113. The first-order valence-electron chi connectivity index (χ1n) is 10.3. The topological polar surface area (TPSA) is 85.8 Å². The number of nitrogens with one attached hydrogen (secondary N) is 1. The Labute approximate surface area is 180 Å². The summed E-state index contributed by atoms with van der Waals surface area (Å²) in [7, 11) is 0. The SMILES string of the molecule is CC(C)(C)c1ccc(-c2nnc(SCC(=O)Nc3ccnn3C3CCCC3)o2)cc1. The Balaban J connectivity index is 1.33. The molecule has 0 atom stereocenters. The van der Waals surface area contributed by atoms with Gasteiger partial charge in [-0.2, -0.15) is 5.10 Å². The predicted octanol–water partition coefficient (Wildman–Crippen LogP) is 5.08. The zero-order valence-electron chi connectivity index (χ0n) is 17.6. The van der Waals surface area contributed by atoms with Gasteiger partial charge in [-0.05, 0) is 36.0 Å². The second kappa shape index (κ2) is 8.63. The summed E-state index contributed by atoms with van der Waals surface area (Å²) >= 11 is 1.23. The Morgan fingerprint density at radius 1 is 1.17 bits per heavy atom. The molecule has 7 nitrogen and oxygen atoms in total. The molecule has 3 aromatic rings. The largest absolute Gasteiger partial charge is 0.411 e. The molecule has 8 heteroatoms. The average molecular weight is 426 g/mol. The van der Waals surface area contributed by atoms with Crippen LogP contribution in [0.15, 0.2) is 46.2 Å². The molecule has 0 saturated heterocycles. The molecule has 2 heterocycles. The summed E-state index contributed by atoms with van der Waals surface area (Å²) in [6, 6.07) is 10.3. The van der Waals surface area contributed by atoms with E-state index < -0.39 is 0 Å². The molecule has 1 N–H and O–H groups in total. The molecule has 30 heavy (non-hydrogen) atoms. The van der Waals surface area contributed by atoms with Gasteiger partial charge in [0.1, 0.15) is 5.82 Å². The Morgan fingerprint density at radius 3 is 2.60 bits per heavy atom. The maximum atomic E-state index is 12.4. The van der Waals surface area contributed by atoms with Crippen LogP contribution < -0.4 is 5.32 Å². The Morgan fingerprint density at radius 2 is 1.90 bits per heavy atom. The van der Waals surface area contributed by atoms with E-state index >= 15 is 0 Å². The van der Waals surface area contributed by atoms with Crippen molar-refractivity contribution in [3.05, 3.63) is 42.1 Å². The van der Waals surface area contributed by atoms with Gasteiger partial charge in [-0.3, -0.25) is 4.79 Å². The zero-order chi connectivity index (χ0) is 21.1. The fourth-order valence-corrected chi connectivity index (χ4v) is 4.22. The summed E-state index contributed by atoms with van der Waals surface area (Å²) in [6.07, 6.45) is 6.39. The maximum absolute atomic E-state index is 12.4. The first kappa shape index (κ1) is 20.7. The zero-order valence-corrected chi connectivity index (χ0v) is 18.4. The molecule has 4 rings (SSSR count). The first-order valence-corrected chi connectivity index (χ1v) is 11.3. The van der Waals surface area contributed by atoms with Crippen LogP contribution >= 0.6 is 11.8 Å². The van der Waals surface area contributed by atoms with Crippen LogP contribution in [-0.4, -0.2) is 31.6 Å². The van der Waals surface area contributed by atoms with Gasteiger partial charge in [-0.1, -0.05) is 57.5 Å². The van der Waals surface area contributed by atoms with Crippen molar-refractivity contribution < 1.29 is 9.21 Å². The molecule has 158 valence electrons. The average Bonchev–Trinajstić information content (AvgIpc) is 3.47. The highest BCUT2D eigenvalue weighted by Gasteiger charge is 2.21. The number of hydrogen-bond acceptors (Lipinski definition) is 6. The first-order chi connectivity index (χ1) is 14.4. The molecule has 0 unspecified atom stereocenters. The van der Waals surface area contributed by atoms with Gasteiger partial charge in [0.15, 0.2) is 0 Å². The molecule has 0 spiro atoms. The third-order valence-electron chi connectivity index (χ3n) is 5.34. The number of carbonyl (C=O) groups is 1. The predicted molar refractivity (Wildman–Crippen MR) is 118 cm³/mol. The third kappa shape index (κ3) is 4.75. The van der Waals surface area contributed by atoms with Crippen LogP contribution in [0.5, 0.6) is 0 Å². The van der Waals surface area contributed by atoms with Gasteiger partial charge >= 0.3 is 0 Å². The molecule has 1 aliphatic rings. The van der Waals surface area contributed by atoms with Crippen LogP contribution in [0.1, 0.15) is 58.1 Å². The van der Waals surface area contributed by atoms with Crippen LogP contribution in [0.25, 0.3) is 11.5 Å². The highest BCUT2D eigenvalue weighted by molar-refractivity contribution is 7.99. The van der Waals surface area contributed by atoms with E-state index in [0.717, 1.165) is 24.2 Å².